The Hall–Kier alpha value is -1.74. The Kier molecular flexibility index (Phi) is 5.30. The normalized spacial score (nSPS) is 16.7. The van der Waals surface area contributed by atoms with Gasteiger partial charge in [-0.1, -0.05) is 12.1 Å². The molecule has 1 aliphatic rings. The van der Waals surface area contributed by atoms with E-state index in [2.05, 4.69) is 32.8 Å². The average molecular weight is 466 g/mol. The minimum Gasteiger partial charge on any atom is -0.304 e. The van der Waals surface area contributed by atoms with Crippen molar-refractivity contribution in [3.8, 4) is 0 Å². The van der Waals surface area contributed by atoms with Crippen molar-refractivity contribution >= 4 is 36.9 Å². The fourth-order valence-corrected chi connectivity index (χ4v) is 5.64. The largest absolute Gasteiger partial charge is 0.304 e. The highest BCUT2D eigenvalue weighted by Crippen LogP contribution is 2.32. The molecule has 5 nitrogen and oxygen atoms in total. The Morgan fingerprint density at radius 1 is 1.04 bits per heavy atom. The lowest BCUT2D eigenvalue weighted by Crippen LogP contribution is -2.43. The van der Waals surface area contributed by atoms with Gasteiger partial charge in [-0.2, -0.15) is 0 Å². The van der Waals surface area contributed by atoms with Crippen molar-refractivity contribution in [1.82, 2.24) is 13.8 Å². The van der Waals surface area contributed by atoms with Crippen molar-refractivity contribution in [1.29, 1.82) is 0 Å². The summed E-state index contributed by atoms with van der Waals surface area (Å²) in [5.41, 5.74) is 1.57. The zero-order valence-electron chi connectivity index (χ0n) is 15.5. The summed E-state index contributed by atoms with van der Waals surface area (Å²) < 4.78 is 41.8. The van der Waals surface area contributed by atoms with Gasteiger partial charge in [-0.3, -0.25) is 4.90 Å². The lowest BCUT2D eigenvalue weighted by atomic mass is 10.1. The van der Waals surface area contributed by atoms with Crippen LogP contribution in [0.25, 0.3) is 10.9 Å². The standard InChI is InChI=1S/C20H21BrFN3O2S/c1-23-9-11-24(12-10-23)13-15-14-25(20-18(15)3-2-4-19(20)21)28(26,27)17-7-5-16(22)6-8-17/h2-8,14H,9-13H2,1H3. The van der Waals surface area contributed by atoms with E-state index in [1.165, 1.54) is 28.2 Å². The van der Waals surface area contributed by atoms with Crippen LogP contribution >= 0.6 is 15.9 Å². The van der Waals surface area contributed by atoms with Crippen molar-refractivity contribution in [3.05, 3.63) is 64.5 Å². The second kappa shape index (κ2) is 7.59. The Morgan fingerprint density at radius 3 is 2.39 bits per heavy atom. The lowest BCUT2D eigenvalue weighted by Gasteiger charge is -2.32. The molecule has 2 aromatic carbocycles. The molecule has 4 rings (SSSR count). The number of para-hydroxylation sites is 1. The molecular formula is C20H21BrFN3O2S. The molecule has 2 heterocycles. The Morgan fingerprint density at radius 2 is 1.71 bits per heavy atom. The van der Waals surface area contributed by atoms with Crippen molar-refractivity contribution in [3.63, 3.8) is 0 Å². The number of halogens is 2. The predicted molar refractivity (Wildman–Crippen MR) is 111 cm³/mol. The fraction of sp³-hybridized carbons (Fsp3) is 0.300. The topological polar surface area (TPSA) is 45.5 Å². The zero-order chi connectivity index (χ0) is 19.9. The van der Waals surface area contributed by atoms with Crippen LogP contribution in [0.4, 0.5) is 4.39 Å². The van der Waals surface area contributed by atoms with Crippen molar-refractivity contribution in [2.75, 3.05) is 33.2 Å². The van der Waals surface area contributed by atoms with Gasteiger partial charge in [0, 0.05) is 48.8 Å². The quantitative estimate of drug-likeness (QED) is 0.591. The Bertz CT molecular complexity index is 1100. The maximum atomic E-state index is 13.3. The Balaban J connectivity index is 1.79. The number of hydrogen-bond donors (Lipinski definition) is 0. The number of piperazine rings is 1. The molecule has 1 aromatic heterocycles. The minimum absolute atomic E-state index is 0.0627. The molecule has 0 radical (unpaired) electrons. The molecule has 0 N–H and O–H groups in total. The van der Waals surface area contributed by atoms with Crippen LogP contribution in [0.5, 0.6) is 0 Å². The van der Waals surface area contributed by atoms with E-state index in [-0.39, 0.29) is 4.90 Å². The van der Waals surface area contributed by atoms with E-state index in [0.717, 1.165) is 37.1 Å². The van der Waals surface area contributed by atoms with E-state index < -0.39 is 15.8 Å². The van der Waals surface area contributed by atoms with E-state index in [1.807, 2.05) is 18.2 Å². The van der Waals surface area contributed by atoms with E-state index in [4.69, 9.17) is 0 Å². The van der Waals surface area contributed by atoms with Gasteiger partial charge >= 0.3 is 0 Å². The number of aromatic nitrogens is 1. The maximum Gasteiger partial charge on any atom is 0.268 e. The van der Waals surface area contributed by atoms with Gasteiger partial charge in [-0.25, -0.2) is 16.8 Å². The van der Waals surface area contributed by atoms with Gasteiger partial charge in [0.05, 0.1) is 10.4 Å². The Labute approximate surface area is 172 Å². The third-order valence-corrected chi connectivity index (χ3v) is 7.50. The zero-order valence-corrected chi connectivity index (χ0v) is 17.9. The molecule has 28 heavy (non-hydrogen) atoms. The summed E-state index contributed by atoms with van der Waals surface area (Å²) in [6.07, 6.45) is 1.70. The molecule has 0 unspecified atom stereocenters. The lowest BCUT2D eigenvalue weighted by molar-refractivity contribution is 0.148. The number of nitrogens with zero attached hydrogens (tertiary/aromatic N) is 3. The summed E-state index contributed by atoms with van der Waals surface area (Å²) >= 11 is 3.51. The van der Waals surface area contributed by atoms with Crippen molar-refractivity contribution in [2.45, 2.75) is 11.4 Å². The highest BCUT2D eigenvalue weighted by molar-refractivity contribution is 9.10. The van der Waals surface area contributed by atoms with Crippen LogP contribution < -0.4 is 0 Å². The summed E-state index contributed by atoms with van der Waals surface area (Å²) in [6, 6.07) is 10.6. The SMILES string of the molecule is CN1CCN(Cc2cn(S(=O)(=O)c3ccc(F)cc3)c3c(Br)cccc23)CC1. The molecule has 0 bridgehead atoms. The molecule has 0 amide bonds. The van der Waals surface area contributed by atoms with Gasteiger partial charge < -0.3 is 4.90 Å². The van der Waals surface area contributed by atoms with Gasteiger partial charge in [-0.05, 0) is 58.9 Å². The van der Waals surface area contributed by atoms with Gasteiger partial charge in [0.25, 0.3) is 10.0 Å². The number of fused-ring (bicyclic) bond motifs is 1. The molecule has 0 saturated carbocycles. The number of hydrogen-bond acceptors (Lipinski definition) is 4. The van der Waals surface area contributed by atoms with E-state index >= 15 is 0 Å². The first-order chi connectivity index (χ1) is 13.4. The van der Waals surface area contributed by atoms with Gasteiger partial charge in [0.15, 0.2) is 0 Å². The predicted octanol–water partition coefficient (Wildman–Crippen LogP) is 3.53. The number of benzene rings is 2. The summed E-state index contributed by atoms with van der Waals surface area (Å²) in [7, 11) is -1.73. The molecular weight excluding hydrogens is 445 g/mol. The highest BCUT2D eigenvalue weighted by Gasteiger charge is 2.24. The first-order valence-corrected chi connectivity index (χ1v) is 11.3. The van der Waals surface area contributed by atoms with E-state index in [9.17, 15) is 12.8 Å². The molecule has 0 spiro atoms. The molecule has 0 aliphatic carbocycles. The van der Waals surface area contributed by atoms with Crippen LogP contribution in [0.15, 0.2) is 58.0 Å². The summed E-state index contributed by atoms with van der Waals surface area (Å²) in [5.74, 6) is -0.465. The first-order valence-electron chi connectivity index (χ1n) is 9.07. The number of likely N-dealkylation sites (N-methyl/N-ethyl adjacent to an activating group) is 1. The van der Waals surface area contributed by atoms with Crippen LogP contribution in [-0.2, 0) is 16.6 Å². The van der Waals surface area contributed by atoms with Crippen LogP contribution in [0, 0.1) is 5.82 Å². The summed E-state index contributed by atoms with van der Waals surface area (Å²) in [6.45, 7) is 4.57. The van der Waals surface area contributed by atoms with Crippen LogP contribution in [0.2, 0.25) is 0 Å². The van der Waals surface area contributed by atoms with Gasteiger partial charge in [0.2, 0.25) is 0 Å². The third-order valence-electron chi connectivity index (χ3n) is 5.19. The molecule has 3 aromatic rings. The van der Waals surface area contributed by atoms with E-state index in [1.54, 1.807) is 6.20 Å². The fourth-order valence-electron chi connectivity index (χ4n) is 3.56. The van der Waals surface area contributed by atoms with Crippen molar-refractivity contribution < 1.29 is 12.8 Å². The summed E-state index contributed by atoms with van der Waals surface area (Å²) in [5, 5.41) is 0.902. The molecule has 1 fully saturated rings. The molecule has 148 valence electrons. The van der Waals surface area contributed by atoms with Crippen molar-refractivity contribution in [2.24, 2.45) is 0 Å². The van der Waals surface area contributed by atoms with Gasteiger partial charge in [0.1, 0.15) is 5.82 Å². The third kappa shape index (κ3) is 3.61. The highest BCUT2D eigenvalue weighted by atomic mass is 79.9. The summed E-state index contributed by atoms with van der Waals surface area (Å²) in [4.78, 5) is 4.69. The minimum atomic E-state index is -3.84. The second-order valence-electron chi connectivity index (χ2n) is 7.12. The average Bonchev–Trinajstić information content (AvgIpc) is 3.05. The molecule has 8 heteroatoms. The van der Waals surface area contributed by atoms with E-state index in [0.29, 0.717) is 16.5 Å². The number of rotatable bonds is 4. The molecule has 1 aliphatic heterocycles. The van der Waals surface area contributed by atoms with Crippen LogP contribution in [0.3, 0.4) is 0 Å². The smallest absolute Gasteiger partial charge is 0.268 e. The van der Waals surface area contributed by atoms with Crippen LogP contribution in [-0.4, -0.2) is 55.4 Å². The van der Waals surface area contributed by atoms with Crippen LogP contribution in [0.1, 0.15) is 5.56 Å². The molecule has 1 saturated heterocycles. The maximum absolute atomic E-state index is 13.3. The van der Waals surface area contributed by atoms with Gasteiger partial charge in [-0.15, -0.1) is 0 Å². The molecule has 0 atom stereocenters. The first kappa shape index (κ1) is 19.6. The monoisotopic (exact) mass is 465 g/mol. The second-order valence-corrected chi connectivity index (χ2v) is 9.79.